The van der Waals surface area contributed by atoms with Gasteiger partial charge in [-0.1, -0.05) is 0 Å². The van der Waals surface area contributed by atoms with Crippen LogP contribution in [0.1, 0.15) is 20.8 Å². The third kappa shape index (κ3) is 2.94. The van der Waals surface area contributed by atoms with Crippen LogP contribution in [-0.4, -0.2) is 22.0 Å². The lowest BCUT2D eigenvalue weighted by Gasteiger charge is -2.06. The Hall–Kier alpha value is -2.83. The number of hydrogen-bond donors (Lipinski definition) is 2. The van der Waals surface area contributed by atoms with Crippen molar-refractivity contribution < 1.29 is 23.5 Å². The molecular formula is C13H8F2N2O3. The Morgan fingerprint density at radius 3 is 2.45 bits per heavy atom. The SMILES string of the molecule is O=C(O)c1ccc(NC(=O)c2ccc(F)cc2F)cn1. The summed E-state index contributed by atoms with van der Waals surface area (Å²) in [4.78, 5) is 25.9. The summed E-state index contributed by atoms with van der Waals surface area (Å²) in [6, 6.07) is 5.08. The predicted octanol–water partition coefficient (Wildman–Crippen LogP) is 2.31. The van der Waals surface area contributed by atoms with Gasteiger partial charge in [-0.25, -0.2) is 18.6 Å². The van der Waals surface area contributed by atoms with E-state index in [1.54, 1.807) is 0 Å². The van der Waals surface area contributed by atoms with Crippen molar-refractivity contribution in [3.63, 3.8) is 0 Å². The highest BCUT2D eigenvalue weighted by Gasteiger charge is 2.13. The molecule has 2 rings (SSSR count). The summed E-state index contributed by atoms with van der Waals surface area (Å²) < 4.78 is 26.1. The first kappa shape index (κ1) is 13.6. The van der Waals surface area contributed by atoms with Gasteiger partial charge in [0.05, 0.1) is 17.4 Å². The number of carbonyl (C=O) groups excluding carboxylic acids is 1. The summed E-state index contributed by atoms with van der Waals surface area (Å²) in [5.41, 5.74) is -0.312. The molecular weight excluding hydrogens is 270 g/mol. The van der Waals surface area contributed by atoms with Crippen LogP contribution in [0.2, 0.25) is 0 Å². The number of carboxylic acid groups (broad SMARTS) is 1. The van der Waals surface area contributed by atoms with Crippen molar-refractivity contribution in [1.29, 1.82) is 0 Å². The minimum absolute atomic E-state index is 0.184. The summed E-state index contributed by atoms with van der Waals surface area (Å²) in [6.07, 6.45) is 1.13. The normalized spacial score (nSPS) is 10.1. The number of nitrogens with zero attached hydrogens (tertiary/aromatic N) is 1. The zero-order valence-corrected chi connectivity index (χ0v) is 9.93. The molecule has 0 unspecified atom stereocenters. The molecule has 0 radical (unpaired) electrons. The first-order valence-electron chi connectivity index (χ1n) is 5.43. The lowest BCUT2D eigenvalue weighted by atomic mass is 10.2. The quantitative estimate of drug-likeness (QED) is 0.903. The monoisotopic (exact) mass is 278 g/mol. The fourth-order valence-electron chi connectivity index (χ4n) is 1.47. The van der Waals surface area contributed by atoms with Gasteiger partial charge in [-0.15, -0.1) is 0 Å². The van der Waals surface area contributed by atoms with Gasteiger partial charge in [0.15, 0.2) is 0 Å². The summed E-state index contributed by atoms with van der Waals surface area (Å²) in [5, 5.41) is 11.0. The number of halogens is 2. The average molecular weight is 278 g/mol. The topological polar surface area (TPSA) is 79.3 Å². The predicted molar refractivity (Wildman–Crippen MR) is 65.5 cm³/mol. The number of hydrogen-bond acceptors (Lipinski definition) is 3. The van der Waals surface area contributed by atoms with Crippen LogP contribution in [0.15, 0.2) is 36.5 Å². The zero-order valence-electron chi connectivity index (χ0n) is 9.93. The molecule has 0 atom stereocenters. The van der Waals surface area contributed by atoms with Gasteiger partial charge in [0, 0.05) is 6.07 Å². The second kappa shape index (κ2) is 5.43. The first-order valence-corrected chi connectivity index (χ1v) is 5.43. The van der Waals surface area contributed by atoms with E-state index in [1.807, 2.05) is 0 Å². The number of carbonyl (C=O) groups is 2. The second-order valence-corrected chi connectivity index (χ2v) is 3.82. The number of nitrogens with one attached hydrogen (secondary N) is 1. The van der Waals surface area contributed by atoms with Gasteiger partial charge < -0.3 is 10.4 Å². The van der Waals surface area contributed by atoms with Gasteiger partial charge in [0.2, 0.25) is 0 Å². The fraction of sp³-hybridized carbons (Fsp3) is 0. The molecule has 0 saturated heterocycles. The van der Waals surface area contributed by atoms with Crippen LogP contribution >= 0.6 is 0 Å². The van der Waals surface area contributed by atoms with E-state index in [1.165, 1.54) is 12.1 Å². The molecule has 1 amide bonds. The van der Waals surface area contributed by atoms with Crippen molar-refractivity contribution in [3.8, 4) is 0 Å². The smallest absolute Gasteiger partial charge is 0.354 e. The Balaban J connectivity index is 2.17. The number of aromatic carboxylic acids is 1. The van der Waals surface area contributed by atoms with Gasteiger partial charge in [0.25, 0.3) is 5.91 Å². The second-order valence-electron chi connectivity index (χ2n) is 3.82. The number of pyridine rings is 1. The summed E-state index contributed by atoms with van der Waals surface area (Å²) in [5.74, 6) is -3.76. The third-order valence-corrected chi connectivity index (χ3v) is 2.42. The zero-order chi connectivity index (χ0) is 14.7. The van der Waals surface area contributed by atoms with Crippen LogP contribution in [0.25, 0.3) is 0 Å². The maximum Gasteiger partial charge on any atom is 0.354 e. The molecule has 0 fully saturated rings. The molecule has 0 spiro atoms. The van der Waals surface area contributed by atoms with Gasteiger partial charge in [-0.3, -0.25) is 4.79 Å². The van der Waals surface area contributed by atoms with Gasteiger partial charge >= 0.3 is 5.97 Å². The van der Waals surface area contributed by atoms with Crippen molar-refractivity contribution in [2.24, 2.45) is 0 Å². The molecule has 5 nitrogen and oxygen atoms in total. The van der Waals surface area contributed by atoms with E-state index in [2.05, 4.69) is 10.3 Å². The lowest BCUT2D eigenvalue weighted by Crippen LogP contribution is -2.14. The average Bonchev–Trinajstić information content (AvgIpc) is 2.39. The van der Waals surface area contributed by atoms with E-state index in [0.717, 1.165) is 18.3 Å². The number of rotatable bonds is 3. The summed E-state index contributed by atoms with van der Waals surface area (Å²) in [7, 11) is 0. The number of benzene rings is 1. The Bertz CT molecular complexity index is 672. The molecule has 2 aromatic rings. The van der Waals surface area contributed by atoms with Crippen molar-refractivity contribution in [1.82, 2.24) is 4.98 Å². The summed E-state index contributed by atoms with van der Waals surface area (Å²) >= 11 is 0. The highest BCUT2D eigenvalue weighted by Crippen LogP contribution is 2.13. The van der Waals surface area contributed by atoms with Crippen LogP contribution in [0.4, 0.5) is 14.5 Å². The molecule has 0 aliphatic heterocycles. The lowest BCUT2D eigenvalue weighted by molar-refractivity contribution is 0.0690. The van der Waals surface area contributed by atoms with Crippen molar-refractivity contribution in [3.05, 3.63) is 59.4 Å². The highest BCUT2D eigenvalue weighted by atomic mass is 19.1. The standard InChI is InChI=1S/C13H8F2N2O3/c14-7-1-3-9(10(15)5-7)12(18)17-8-2-4-11(13(19)20)16-6-8/h1-6H,(H,17,18)(H,19,20). The minimum Gasteiger partial charge on any atom is -0.477 e. The number of aromatic nitrogens is 1. The van der Waals surface area contributed by atoms with E-state index >= 15 is 0 Å². The molecule has 1 aromatic heterocycles. The van der Waals surface area contributed by atoms with Crippen molar-refractivity contribution in [2.45, 2.75) is 0 Å². The Kier molecular flexibility index (Phi) is 3.69. The fourth-order valence-corrected chi connectivity index (χ4v) is 1.47. The third-order valence-electron chi connectivity index (χ3n) is 2.42. The molecule has 0 bridgehead atoms. The molecule has 0 aliphatic carbocycles. The molecule has 1 heterocycles. The van der Waals surface area contributed by atoms with Gasteiger partial charge in [-0.05, 0) is 24.3 Å². The number of amides is 1. The Labute approximate surface area is 111 Å². The molecule has 20 heavy (non-hydrogen) atoms. The van der Waals surface area contributed by atoms with E-state index in [-0.39, 0.29) is 16.9 Å². The largest absolute Gasteiger partial charge is 0.477 e. The maximum atomic E-state index is 13.4. The molecule has 0 saturated carbocycles. The number of anilines is 1. The van der Waals surface area contributed by atoms with Gasteiger partial charge in [-0.2, -0.15) is 0 Å². The molecule has 1 aromatic carbocycles. The molecule has 0 aliphatic rings. The molecule has 2 N–H and O–H groups in total. The first-order chi connectivity index (χ1) is 9.47. The van der Waals surface area contributed by atoms with Gasteiger partial charge in [0.1, 0.15) is 17.3 Å². The van der Waals surface area contributed by atoms with Crippen LogP contribution in [0, 0.1) is 11.6 Å². The van der Waals surface area contributed by atoms with E-state index in [9.17, 15) is 18.4 Å². The van der Waals surface area contributed by atoms with Crippen LogP contribution in [0.5, 0.6) is 0 Å². The van der Waals surface area contributed by atoms with E-state index in [4.69, 9.17) is 5.11 Å². The Morgan fingerprint density at radius 2 is 1.90 bits per heavy atom. The molecule has 102 valence electrons. The van der Waals surface area contributed by atoms with Crippen molar-refractivity contribution >= 4 is 17.6 Å². The van der Waals surface area contributed by atoms with Crippen LogP contribution in [0.3, 0.4) is 0 Å². The summed E-state index contributed by atoms with van der Waals surface area (Å²) in [6.45, 7) is 0. The Morgan fingerprint density at radius 1 is 1.15 bits per heavy atom. The molecule has 7 heteroatoms. The number of carboxylic acids is 1. The minimum atomic E-state index is -1.20. The van der Waals surface area contributed by atoms with E-state index in [0.29, 0.717) is 6.07 Å². The van der Waals surface area contributed by atoms with Crippen LogP contribution < -0.4 is 5.32 Å². The highest BCUT2D eigenvalue weighted by molar-refractivity contribution is 6.04. The van der Waals surface area contributed by atoms with E-state index < -0.39 is 23.5 Å². The van der Waals surface area contributed by atoms with Crippen molar-refractivity contribution in [2.75, 3.05) is 5.32 Å². The van der Waals surface area contributed by atoms with Crippen LogP contribution in [-0.2, 0) is 0 Å². The maximum absolute atomic E-state index is 13.4.